The van der Waals surface area contributed by atoms with E-state index in [1.807, 2.05) is 26.8 Å². The van der Waals surface area contributed by atoms with Gasteiger partial charge in [0.15, 0.2) is 11.8 Å². The maximum atomic E-state index is 15.3. The third-order valence-electron chi connectivity index (χ3n) is 8.28. The summed E-state index contributed by atoms with van der Waals surface area (Å²) in [6, 6.07) is 13.0. The lowest BCUT2D eigenvalue weighted by Gasteiger charge is -2.30. The Hall–Kier alpha value is -4.58. The zero-order valence-corrected chi connectivity index (χ0v) is 29.6. The number of guanidine groups is 1. The van der Waals surface area contributed by atoms with E-state index in [2.05, 4.69) is 52.5 Å². The number of carbonyl (C=O) groups is 2. The summed E-state index contributed by atoms with van der Waals surface area (Å²) in [7, 11) is 0. The number of fused-ring (bicyclic) bond motifs is 1. The largest absolute Gasteiger partial charge is 0.508 e. The second kappa shape index (κ2) is 15.8. The van der Waals surface area contributed by atoms with Crippen molar-refractivity contribution in [2.45, 2.75) is 56.8 Å². The number of H-pyrrole nitrogens is 1. The molecule has 16 heteroatoms. The first-order valence-electron chi connectivity index (χ1n) is 16.1. The molecule has 0 spiro atoms. The first-order chi connectivity index (χ1) is 24.1. The van der Waals surface area contributed by atoms with Crippen LogP contribution in [-0.2, 0) is 15.0 Å². The summed E-state index contributed by atoms with van der Waals surface area (Å²) in [6.45, 7) is 5.89. The highest BCUT2D eigenvalue weighted by molar-refractivity contribution is 9.10. The number of aromatic hydroxyl groups is 1. The molecule has 5 atom stereocenters. The summed E-state index contributed by atoms with van der Waals surface area (Å²) in [5.41, 5.74) is 1.55. The van der Waals surface area contributed by atoms with Crippen molar-refractivity contribution in [2.75, 3.05) is 25.0 Å². The number of phenolic OH excluding ortho intramolecular Hbond substituents is 1. The molecule has 272 valence electrons. The van der Waals surface area contributed by atoms with Crippen molar-refractivity contribution < 1.29 is 39.5 Å². The van der Waals surface area contributed by atoms with Crippen molar-refractivity contribution in [2.24, 2.45) is 4.99 Å². The highest BCUT2D eigenvalue weighted by Gasteiger charge is 2.35. The van der Waals surface area contributed by atoms with Crippen molar-refractivity contribution in [1.82, 2.24) is 26.3 Å². The first-order valence-corrected chi connectivity index (χ1v) is 16.9. The Morgan fingerprint density at radius 1 is 1.06 bits per heavy atom. The molecule has 4 unspecified atom stereocenters. The standard InChI is InChI=1S/C35H41BrFN7O7/c1-35(2,3)19-8-17(9-20(36)12-19)28(30(33(50)51)44-32(49)29-27(37)24-6-4-5-7-25(24)42-29)43-26(47)16-38-31(48)18-10-21(13-22(45)11-18)41-34-39-14-23(46)15-40-34/h4-13,23,28,30-32,38,42,44-46,48-49H,14-16H2,1-3H3,(H,43,47)(H,50,51)(H2,39,40,41)/t28?,30-,31?,32?/m0/s1. The lowest BCUT2D eigenvalue weighted by atomic mass is 9.84. The van der Waals surface area contributed by atoms with Gasteiger partial charge in [-0.05, 0) is 52.9 Å². The fourth-order valence-corrected chi connectivity index (χ4v) is 6.12. The number of phenols is 1. The number of carboxylic acid groups (broad SMARTS) is 1. The number of hydrogen-bond acceptors (Lipinski definition) is 11. The number of nitrogens with zero attached hydrogens (tertiary/aromatic N) is 1. The molecule has 0 radical (unpaired) electrons. The number of aliphatic carboxylic acids is 1. The monoisotopic (exact) mass is 769 g/mol. The number of aliphatic imine (C=N–C) groups is 1. The molecule has 51 heavy (non-hydrogen) atoms. The lowest BCUT2D eigenvalue weighted by molar-refractivity contribution is -0.142. The highest BCUT2D eigenvalue weighted by Crippen LogP contribution is 2.32. The number of amides is 1. The normalized spacial score (nSPS) is 17.2. The number of halogens is 2. The number of anilines is 1. The Kier molecular flexibility index (Phi) is 11.6. The number of aromatic amines is 1. The van der Waals surface area contributed by atoms with E-state index in [1.54, 1.807) is 30.3 Å². The van der Waals surface area contributed by atoms with Gasteiger partial charge in [-0.1, -0.05) is 54.9 Å². The van der Waals surface area contributed by atoms with E-state index >= 15 is 4.39 Å². The number of aliphatic hydroxyl groups excluding tert-OH is 3. The van der Waals surface area contributed by atoms with Crippen LogP contribution < -0.4 is 26.6 Å². The van der Waals surface area contributed by atoms with Crippen LogP contribution in [0.15, 0.2) is 70.1 Å². The van der Waals surface area contributed by atoms with Gasteiger partial charge in [-0.2, -0.15) is 0 Å². The third kappa shape index (κ3) is 9.40. The van der Waals surface area contributed by atoms with Crippen molar-refractivity contribution in [3.63, 3.8) is 0 Å². The highest BCUT2D eigenvalue weighted by atomic mass is 79.9. The van der Waals surface area contributed by atoms with Crippen LogP contribution in [0.5, 0.6) is 5.75 Å². The smallest absolute Gasteiger partial charge is 0.323 e. The second-order valence-corrected chi connectivity index (χ2v) is 14.2. The van der Waals surface area contributed by atoms with Crippen LogP contribution in [0, 0.1) is 5.82 Å². The summed E-state index contributed by atoms with van der Waals surface area (Å²) in [6.07, 6.45) is -3.87. The van der Waals surface area contributed by atoms with Gasteiger partial charge in [0.05, 0.1) is 30.9 Å². The Morgan fingerprint density at radius 3 is 2.47 bits per heavy atom. The van der Waals surface area contributed by atoms with Crippen molar-refractivity contribution in [1.29, 1.82) is 0 Å². The molecule has 11 N–H and O–H groups in total. The Morgan fingerprint density at radius 2 is 1.80 bits per heavy atom. The van der Waals surface area contributed by atoms with Gasteiger partial charge in [0.1, 0.15) is 24.2 Å². The van der Waals surface area contributed by atoms with E-state index in [4.69, 9.17) is 0 Å². The quantitative estimate of drug-likeness (QED) is 0.0940. The second-order valence-electron chi connectivity index (χ2n) is 13.3. The molecule has 0 bridgehead atoms. The zero-order chi connectivity index (χ0) is 37.0. The summed E-state index contributed by atoms with van der Waals surface area (Å²) in [5.74, 6) is -2.72. The van der Waals surface area contributed by atoms with E-state index < -0.39 is 54.9 Å². The average Bonchev–Trinajstić information content (AvgIpc) is 3.41. The number of hydrogen-bond donors (Lipinski definition) is 11. The third-order valence-corrected chi connectivity index (χ3v) is 8.74. The predicted octanol–water partition coefficient (Wildman–Crippen LogP) is 2.98. The van der Waals surface area contributed by atoms with Crippen LogP contribution in [-0.4, -0.2) is 80.1 Å². The van der Waals surface area contributed by atoms with Crippen molar-refractivity contribution >= 4 is 50.4 Å². The molecule has 14 nitrogen and oxygen atoms in total. The molecule has 4 aromatic rings. The minimum atomic E-state index is -1.81. The van der Waals surface area contributed by atoms with Gasteiger partial charge in [-0.25, -0.2) is 4.39 Å². The van der Waals surface area contributed by atoms with Crippen LogP contribution >= 0.6 is 15.9 Å². The predicted molar refractivity (Wildman–Crippen MR) is 193 cm³/mol. The summed E-state index contributed by atoms with van der Waals surface area (Å²) in [4.78, 5) is 33.2. The summed E-state index contributed by atoms with van der Waals surface area (Å²) in [5, 5.41) is 66.4. The molecule has 1 aliphatic heterocycles. The molecule has 0 fully saturated rings. The minimum Gasteiger partial charge on any atom is -0.508 e. The number of rotatable bonds is 12. The van der Waals surface area contributed by atoms with Gasteiger partial charge in [0.2, 0.25) is 5.91 Å². The van der Waals surface area contributed by atoms with E-state index in [9.17, 15) is 35.1 Å². The van der Waals surface area contributed by atoms with Gasteiger partial charge in [0, 0.05) is 39.2 Å². The number of β-amino-alcohol motifs (C(OH)–C–C–N with tert-alkyl or cyclic N) is 1. The molecular weight excluding hydrogens is 729 g/mol. The minimum absolute atomic E-state index is 0.179. The van der Waals surface area contributed by atoms with E-state index in [-0.39, 0.29) is 40.9 Å². The van der Waals surface area contributed by atoms with Crippen LogP contribution in [0.4, 0.5) is 10.1 Å². The molecule has 0 aliphatic carbocycles. The van der Waals surface area contributed by atoms with E-state index in [0.29, 0.717) is 27.2 Å². The van der Waals surface area contributed by atoms with Gasteiger partial charge < -0.3 is 46.5 Å². The topological polar surface area (TPSA) is 224 Å². The van der Waals surface area contributed by atoms with Crippen LogP contribution in [0.25, 0.3) is 10.9 Å². The molecule has 3 aromatic carbocycles. The molecule has 0 saturated heterocycles. The number of carboxylic acids is 1. The summed E-state index contributed by atoms with van der Waals surface area (Å²) < 4.78 is 15.9. The zero-order valence-electron chi connectivity index (χ0n) is 28.0. The number of nitrogens with one attached hydrogen (secondary N) is 6. The van der Waals surface area contributed by atoms with Gasteiger partial charge in [-0.3, -0.25) is 25.2 Å². The fourth-order valence-electron chi connectivity index (χ4n) is 5.61. The molecule has 0 saturated carbocycles. The lowest BCUT2D eigenvalue weighted by Crippen LogP contribution is -2.51. The Labute approximate surface area is 301 Å². The molecular formula is C35H41BrFN7O7. The molecule has 1 amide bonds. The molecule has 1 aliphatic rings. The SMILES string of the molecule is CC(C)(C)c1cc(Br)cc(C(NC(=O)CNC(O)c2cc(O)cc(NC3=NCC(O)CN3)c2)[C@H](NC(O)c2[nH]c3ccccc3c2F)C(=O)O)c1. The Balaban J connectivity index is 1.37. The van der Waals surface area contributed by atoms with Crippen LogP contribution in [0.3, 0.4) is 0 Å². The fraction of sp³-hybridized carbons (Fsp3) is 0.343. The number of benzene rings is 3. The van der Waals surface area contributed by atoms with Crippen molar-refractivity contribution in [3.8, 4) is 5.75 Å². The number of aliphatic hydroxyl groups is 3. The van der Waals surface area contributed by atoms with Crippen LogP contribution in [0.1, 0.15) is 61.7 Å². The Bertz CT molecular complexity index is 1930. The molecule has 2 heterocycles. The number of aromatic nitrogens is 1. The molecule has 5 rings (SSSR count). The van der Waals surface area contributed by atoms with Gasteiger partial charge in [0.25, 0.3) is 0 Å². The van der Waals surface area contributed by atoms with Gasteiger partial charge in [-0.15, -0.1) is 0 Å². The van der Waals surface area contributed by atoms with Crippen molar-refractivity contribution in [3.05, 3.63) is 93.3 Å². The first kappa shape index (κ1) is 37.7. The number of carbonyl (C=O) groups excluding carboxylic acids is 1. The average molecular weight is 771 g/mol. The maximum Gasteiger partial charge on any atom is 0.323 e. The molecule has 1 aromatic heterocycles. The summed E-state index contributed by atoms with van der Waals surface area (Å²) >= 11 is 3.49. The van der Waals surface area contributed by atoms with Gasteiger partial charge >= 0.3 is 5.97 Å². The maximum absolute atomic E-state index is 15.3. The van der Waals surface area contributed by atoms with E-state index in [0.717, 1.165) is 5.56 Å². The van der Waals surface area contributed by atoms with Crippen LogP contribution in [0.2, 0.25) is 0 Å². The van der Waals surface area contributed by atoms with E-state index in [1.165, 1.54) is 24.3 Å². The number of para-hydroxylation sites is 1.